The molecule has 0 aliphatic carbocycles. The van der Waals surface area contributed by atoms with Crippen molar-refractivity contribution < 1.29 is 29.3 Å². The first-order chi connectivity index (χ1) is 15.0. The number of aromatic hydroxyl groups is 2. The Morgan fingerprint density at radius 3 is 2.32 bits per heavy atom. The van der Waals surface area contributed by atoms with Gasteiger partial charge in [-0.1, -0.05) is 12.1 Å². The van der Waals surface area contributed by atoms with E-state index < -0.39 is 0 Å². The third kappa shape index (κ3) is 4.41. The summed E-state index contributed by atoms with van der Waals surface area (Å²) in [5.74, 6) is 0.826. The van der Waals surface area contributed by atoms with Gasteiger partial charge in [0.2, 0.25) is 5.78 Å². The fourth-order valence-corrected chi connectivity index (χ4v) is 4.10. The molecule has 0 fully saturated rings. The van der Waals surface area contributed by atoms with Gasteiger partial charge in [0, 0.05) is 15.6 Å². The van der Waals surface area contributed by atoms with Crippen LogP contribution in [-0.2, 0) is 9.53 Å². The van der Waals surface area contributed by atoms with Crippen LogP contribution in [0.1, 0.15) is 20.8 Å². The van der Waals surface area contributed by atoms with Gasteiger partial charge in [-0.05, 0) is 66.2 Å². The highest BCUT2D eigenvalue weighted by Crippen LogP contribution is 2.42. The predicted octanol–water partition coefficient (Wildman–Crippen LogP) is 5.48. The van der Waals surface area contributed by atoms with Gasteiger partial charge in [0.1, 0.15) is 22.1 Å². The Morgan fingerprint density at radius 1 is 0.903 bits per heavy atom. The van der Waals surface area contributed by atoms with E-state index in [0.29, 0.717) is 38.5 Å². The Kier molecular flexibility index (Phi) is 5.68. The summed E-state index contributed by atoms with van der Waals surface area (Å²) in [6.45, 7) is 0.333. The Labute approximate surface area is 181 Å². The number of phenolic OH excluding ortho intramolecular Hbond substituents is 2. The lowest BCUT2D eigenvalue weighted by Crippen LogP contribution is -2.00. The van der Waals surface area contributed by atoms with E-state index in [0.717, 1.165) is 5.56 Å². The number of ketones is 1. The number of ether oxygens (including phenoxy) is 2. The van der Waals surface area contributed by atoms with Crippen molar-refractivity contribution in [2.45, 2.75) is 0 Å². The van der Waals surface area contributed by atoms with Crippen LogP contribution in [0.25, 0.3) is 16.2 Å². The zero-order valence-corrected chi connectivity index (χ0v) is 16.8. The van der Waals surface area contributed by atoms with E-state index in [1.54, 1.807) is 54.6 Å². The molecule has 0 radical (unpaired) electrons. The molecule has 0 aliphatic heterocycles. The average Bonchev–Trinajstić information content (AvgIpc) is 3.12. The molecule has 1 aromatic heterocycles. The van der Waals surface area contributed by atoms with Crippen LogP contribution in [-0.4, -0.2) is 22.5 Å². The lowest BCUT2D eigenvalue weighted by Gasteiger charge is -2.08. The monoisotopic (exact) mass is 432 g/mol. The van der Waals surface area contributed by atoms with Crippen molar-refractivity contribution in [1.82, 2.24) is 0 Å². The molecular weight excluding hydrogens is 416 g/mol. The molecule has 0 saturated carbocycles. The molecule has 0 atom stereocenters. The number of benzene rings is 3. The first-order valence-electron chi connectivity index (χ1n) is 9.18. The standard InChI is InChI=1S/C24H16O6S/c25-14-29-12-11-15-1-8-19(9-2-15)30-23-20-10-7-18(27)13-21(20)31-24(23)22(28)16-3-5-17(26)6-4-16/h1-14,26-27H/b12-11+. The van der Waals surface area contributed by atoms with Crippen LogP contribution in [0.2, 0.25) is 0 Å². The number of carbonyl (C=O) groups excluding carboxylic acids is 2. The van der Waals surface area contributed by atoms with Crippen molar-refractivity contribution in [2.24, 2.45) is 0 Å². The van der Waals surface area contributed by atoms with Crippen molar-refractivity contribution in [3.8, 4) is 23.0 Å². The van der Waals surface area contributed by atoms with Crippen molar-refractivity contribution in [1.29, 1.82) is 0 Å². The predicted molar refractivity (Wildman–Crippen MR) is 118 cm³/mol. The first-order valence-corrected chi connectivity index (χ1v) is 9.99. The number of phenols is 2. The maximum absolute atomic E-state index is 13.2. The van der Waals surface area contributed by atoms with Crippen molar-refractivity contribution in [2.75, 3.05) is 0 Å². The summed E-state index contributed by atoms with van der Waals surface area (Å²) >= 11 is 1.22. The molecule has 3 aromatic carbocycles. The Morgan fingerprint density at radius 2 is 1.61 bits per heavy atom. The topological polar surface area (TPSA) is 93.1 Å². The van der Waals surface area contributed by atoms with Gasteiger partial charge >= 0.3 is 0 Å². The number of hydrogen-bond acceptors (Lipinski definition) is 7. The number of thiophene rings is 1. The largest absolute Gasteiger partial charge is 0.508 e. The lowest BCUT2D eigenvalue weighted by atomic mass is 10.1. The van der Waals surface area contributed by atoms with E-state index >= 15 is 0 Å². The minimum absolute atomic E-state index is 0.0713. The van der Waals surface area contributed by atoms with Gasteiger partial charge in [-0.25, -0.2) is 0 Å². The summed E-state index contributed by atoms with van der Waals surface area (Å²) < 4.78 is 11.3. The normalized spacial score (nSPS) is 11.0. The summed E-state index contributed by atoms with van der Waals surface area (Å²) in [5.41, 5.74) is 1.21. The molecule has 0 aliphatic rings. The van der Waals surface area contributed by atoms with Crippen LogP contribution in [0.5, 0.6) is 23.0 Å². The van der Waals surface area contributed by atoms with Crippen LogP contribution >= 0.6 is 11.3 Å². The second-order valence-electron chi connectivity index (χ2n) is 6.52. The van der Waals surface area contributed by atoms with E-state index in [-0.39, 0.29) is 17.3 Å². The molecule has 0 amide bonds. The molecule has 31 heavy (non-hydrogen) atoms. The molecule has 0 unspecified atom stereocenters. The van der Waals surface area contributed by atoms with Gasteiger partial charge < -0.3 is 19.7 Å². The van der Waals surface area contributed by atoms with Crippen molar-refractivity contribution >= 4 is 39.8 Å². The minimum atomic E-state index is -0.249. The molecule has 4 rings (SSSR count). The summed E-state index contributed by atoms with van der Waals surface area (Å²) in [5, 5.41) is 20.0. The van der Waals surface area contributed by atoms with E-state index in [1.807, 2.05) is 0 Å². The number of rotatable bonds is 7. The highest BCUT2D eigenvalue weighted by atomic mass is 32.1. The fourth-order valence-electron chi connectivity index (χ4n) is 2.97. The van der Waals surface area contributed by atoms with E-state index in [4.69, 9.17) is 4.74 Å². The van der Waals surface area contributed by atoms with E-state index in [9.17, 15) is 19.8 Å². The van der Waals surface area contributed by atoms with Gasteiger partial charge in [-0.15, -0.1) is 11.3 Å². The molecule has 0 saturated heterocycles. The first kappa shape index (κ1) is 20.2. The Hall–Kier alpha value is -4.10. The van der Waals surface area contributed by atoms with E-state index in [1.165, 1.54) is 35.8 Å². The van der Waals surface area contributed by atoms with Crippen LogP contribution < -0.4 is 4.74 Å². The van der Waals surface area contributed by atoms with Gasteiger partial charge in [0.15, 0.2) is 5.75 Å². The maximum atomic E-state index is 13.2. The van der Waals surface area contributed by atoms with Gasteiger partial charge in [-0.3, -0.25) is 9.59 Å². The summed E-state index contributed by atoms with van der Waals surface area (Å²) in [6, 6.07) is 17.9. The quantitative estimate of drug-likeness (QED) is 0.228. The highest BCUT2D eigenvalue weighted by molar-refractivity contribution is 7.21. The molecule has 6 nitrogen and oxygen atoms in total. The SMILES string of the molecule is O=CO/C=C/c1ccc(Oc2c(C(=O)c3ccc(O)cc3)sc3cc(O)ccc23)cc1. The summed E-state index contributed by atoms with van der Waals surface area (Å²) in [4.78, 5) is 23.8. The highest BCUT2D eigenvalue weighted by Gasteiger charge is 2.22. The zero-order chi connectivity index (χ0) is 21.8. The number of fused-ring (bicyclic) bond motifs is 1. The third-order valence-electron chi connectivity index (χ3n) is 4.46. The summed E-state index contributed by atoms with van der Waals surface area (Å²) in [7, 11) is 0. The fraction of sp³-hybridized carbons (Fsp3) is 0. The smallest absolute Gasteiger partial charge is 0.297 e. The second kappa shape index (κ2) is 8.73. The molecule has 4 aromatic rings. The molecular formula is C24H16O6S. The van der Waals surface area contributed by atoms with Crippen molar-refractivity contribution in [3.05, 3.63) is 89.0 Å². The van der Waals surface area contributed by atoms with Crippen molar-refractivity contribution in [3.63, 3.8) is 0 Å². The van der Waals surface area contributed by atoms with Crippen LogP contribution in [0.4, 0.5) is 0 Å². The zero-order valence-electron chi connectivity index (χ0n) is 16.0. The van der Waals surface area contributed by atoms with Gasteiger partial charge in [-0.2, -0.15) is 0 Å². The van der Waals surface area contributed by atoms with Gasteiger partial charge in [0.05, 0.1) is 6.26 Å². The third-order valence-corrected chi connectivity index (χ3v) is 5.59. The molecule has 0 bridgehead atoms. The Balaban J connectivity index is 1.72. The summed E-state index contributed by atoms with van der Waals surface area (Å²) in [6.07, 6.45) is 2.90. The molecule has 0 spiro atoms. The second-order valence-corrected chi connectivity index (χ2v) is 7.58. The van der Waals surface area contributed by atoms with E-state index in [2.05, 4.69) is 4.74 Å². The molecule has 154 valence electrons. The molecule has 7 heteroatoms. The number of hydrogen-bond donors (Lipinski definition) is 2. The molecule has 1 heterocycles. The molecule has 2 N–H and O–H groups in total. The van der Waals surface area contributed by atoms with Crippen LogP contribution in [0.3, 0.4) is 0 Å². The van der Waals surface area contributed by atoms with Gasteiger partial charge in [0.25, 0.3) is 6.47 Å². The lowest BCUT2D eigenvalue weighted by molar-refractivity contribution is -0.123. The maximum Gasteiger partial charge on any atom is 0.297 e. The van der Waals surface area contributed by atoms with Crippen LogP contribution in [0, 0.1) is 0 Å². The van der Waals surface area contributed by atoms with Crippen LogP contribution in [0.15, 0.2) is 73.0 Å². The number of carbonyl (C=O) groups is 2. The Bertz CT molecular complexity index is 1270. The minimum Gasteiger partial charge on any atom is -0.508 e. The average molecular weight is 432 g/mol.